The van der Waals surface area contributed by atoms with Crippen molar-refractivity contribution in [2.45, 2.75) is 38.5 Å². The van der Waals surface area contributed by atoms with Crippen molar-refractivity contribution in [1.82, 2.24) is 19.0 Å². The lowest BCUT2D eigenvalue weighted by atomic mass is 9.90. The van der Waals surface area contributed by atoms with Crippen molar-refractivity contribution in [2.75, 3.05) is 13.1 Å². The number of carbonyl (C=O) groups excluding carboxylic acids is 1. The van der Waals surface area contributed by atoms with Gasteiger partial charge >= 0.3 is 0 Å². The molecule has 0 radical (unpaired) electrons. The molecule has 192 valence electrons. The lowest BCUT2D eigenvalue weighted by Gasteiger charge is -2.38. The number of hydrogen-bond donors (Lipinski definition) is 1. The van der Waals surface area contributed by atoms with Crippen molar-refractivity contribution in [3.63, 3.8) is 0 Å². The first-order valence-corrected chi connectivity index (χ1v) is 13.0. The van der Waals surface area contributed by atoms with Crippen molar-refractivity contribution in [2.24, 2.45) is 0 Å². The highest BCUT2D eigenvalue weighted by Crippen LogP contribution is 2.26. The van der Waals surface area contributed by atoms with E-state index >= 15 is 0 Å². The van der Waals surface area contributed by atoms with Crippen LogP contribution in [0.5, 0.6) is 0 Å². The molecular weight excluding hydrogens is 476 g/mol. The summed E-state index contributed by atoms with van der Waals surface area (Å²) in [5.41, 5.74) is 3.43. The number of likely N-dealkylation sites (tertiary alicyclic amines) is 1. The molecule has 0 bridgehead atoms. The molecule has 5 aromatic rings. The average Bonchev–Trinajstić information content (AvgIpc) is 3.32. The topological polar surface area (TPSA) is 80.4 Å². The number of carbonyl (C=O) groups is 1. The predicted octanol–water partition coefficient (Wildman–Crippen LogP) is 4.38. The van der Waals surface area contributed by atoms with Gasteiger partial charge in [-0.2, -0.15) is 0 Å². The summed E-state index contributed by atoms with van der Waals surface area (Å²) in [6.45, 7) is 3.75. The summed E-state index contributed by atoms with van der Waals surface area (Å²) in [6.07, 6.45) is 4.36. The van der Waals surface area contributed by atoms with Crippen LogP contribution in [0.3, 0.4) is 0 Å². The van der Waals surface area contributed by atoms with Crippen molar-refractivity contribution in [3.8, 4) is 0 Å². The Bertz CT molecular complexity index is 1700. The summed E-state index contributed by atoms with van der Waals surface area (Å²) in [5.74, 6) is -0.0373. The maximum atomic E-state index is 13.3. The second-order valence-electron chi connectivity index (χ2n) is 10.4. The maximum absolute atomic E-state index is 13.3. The third-order valence-electron chi connectivity index (χ3n) is 7.64. The minimum absolute atomic E-state index is 0.0373. The number of aryl methyl sites for hydroxylation is 1. The van der Waals surface area contributed by atoms with Gasteiger partial charge in [0.1, 0.15) is 0 Å². The van der Waals surface area contributed by atoms with Crippen LogP contribution < -0.4 is 5.56 Å². The summed E-state index contributed by atoms with van der Waals surface area (Å²) in [7, 11) is 0. The highest BCUT2D eigenvalue weighted by Gasteiger charge is 2.35. The fourth-order valence-corrected chi connectivity index (χ4v) is 5.42. The Balaban J connectivity index is 1.14. The summed E-state index contributed by atoms with van der Waals surface area (Å²) in [6, 6.07) is 23.7. The second-order valence-corrected chi connectivity index (χ2v) is 10.4. The number of aromatic nitrogens is 3. The zero-order valence-electron chi connectivity index (χ0n) is 21.4. The molecule has 1 amide bonds. The number of aliphatic hydroxyl groups is 1. The van der Waals surface area contributed by atoms with E-state index in [1.165, 1.54) is 16.5 Å². The van der Waals surface area contributed by atoms with Gasteiger partial charge in [0.2, 0.25) is 0 Å². The molecule has 3 aromatic carbocycles. The molecule has 6 rings (SSSR count). The normalized spacial score (nSPS) is 15.3. The molecule has 38 heavy (non-hydrogen) atoms. The van der Waals surface area contributed by atoms with Crippen LogP contribution in [0.25, 0.3) is 21.8 Å². The Morgan fingerprint density at radius 1 is 0.974 bits per heavy atom. The molecule has 3 heterocycles. The van der Waals surface area contributed by atoms with Crippen LogP contribution in [0.4, 0.5) is 0 Å². The first kappa shape index (κ1) is 24.1. The van der Waals surface area contributed by atoms with Crippen LogP contribution in [0.2, 0.25) is 0 Å². The Hall–Kier alpha value is -4.23. The van der Waals surface area contributed by atoms with E-state index in [2.05, 4.69) is 27.9 Å². The van der Waals surface area contributed by atoms with Gasteiger partial charge in [0, 0.05) is 42.3 Å². The maximum Gasteiger partial charge on any atom is 0.261 e. The van der Waals surface area contributed by atoms with E-state index < -0.39 is 5.60 Å². The van der Waals surface area contributed by atoms with Crippen molar-refractivity contribution in [3.05, 3.63) is 112 Å². The molecule has 1 aliphatic heterocycles. The molecule has 1 aliphatic rings. The highest BCUT2D eigenvalue weighted by atomic mass is 16.3. The van der Waals surface area contributed by atoms with Crippen LogP contribution >= 0.6 is 0 Å². The van der Waals surface area contributed by atoms with Crippen LogP contribution in [0.1, 0.15) is 34.3 Å². The average molecular weight is 507 g/mol. The molecule has 0 aliphatic carbocycles. The Morgan fingerprint density at radius 3 is 2.55 bits per heavy atom. The zero-order chi connectivity index (χ0) is 26.3. The quantitative estimate of drug-likeness (QED) is 0.384. The van der Waals surface area contributed by atoms with Gasteiger partial charge in [0.15, 0.2) is 0 Å². The van der Waals surface area contributed by atoms with Crippen molar-refractivity contribution < 1.29 is 9.90 Å². The van der Waals surface area contributed by atoms with Gasteiger partial charge in [-0.1, -0.05) is 36.4 Å². The monoisotopic (exact) mass is 506 g/mol. The fraction of sp³-hybridized carbons (Fsp3) is 0.258. The van der Waals surface area contributed by atoms with E-state index in [4.69, 9.17) is 0 Å². The third kappa shape index (κ3) is 4.61. The van der Waals surface area contributed by atoms with Gasteiger partial charge in [-0.15, -0.1) is 0 Å². The minimum atomic E-state index is -1.07. The Kier molecular flexibility index (Phi) is 6.08. The largest absolute Gasteiger partial charge is 0.388 e. The van der Waals surface area contributed by atoms with Crippen LogP contribution in [0.15, 0.2) is 90.1 Å². The van der Waals surface area contributed by atoms with E-state index in [1.807, 2.05) is 61.5 Å². The fourth-order valence-electron chi connectivity index (χ4n) is 5.42. The number of fused-ring (bicyclic) bond motifs is 2. The number of nitrogens with zero attached hydrogens (tertiary/aromatic N) is 4. The number of amides is 1. The molecule has 0 unspecified atom stereocenters. The third-order valence-corrected chi connectivity index (χ3v) is 7.64. The van der Waals surface area contributed by atoms with Crippen LogP contribution in [-0.4, -0.2) is 48.7 Å². The summed E-state index contributed by atoms with van der Waals surface area (Å²) in [5, 5.41) is 12.8. The Labute approximate surface area is 220 Å². The molecular formula is C31H30N4O3. The number of piperidine rings is 1. The van der Waals surface area contributed by atoms with Crippen LogP contribution in [0, 0.1) is 6.92 Å². The van der Waals surface area contributed by atoms with E-state index in [0.717, 1.165) is 23.0 Å². The lowest BCUT2D eigenvalue weighted by Crippen LogP contribution is -2.49. The molecule has 7 heteroatoms. The molecule has 0 saturated carbocycles. The summed E-state index contributed by atoms with van der Waals surface area (Å²) in [4.78, 5) is 32.5. The van der Waals surface area contributed by atoms with Gasteiger partial charge in [-0.25, -0.2) is 4.98 Å². The SMILES string of the molecule is Cc1ccc2c(=O)n(CC3(O)CCN(C(=O)c4ccc5c(ccn5Cc5ccccc5)c4)CC3)cnc2c1. The van der Waals surface area contributed by atoms with E-state index in [0.29, 0.717) is 42.4 Å². The lowest BCUT2D eigenvalue weighted by molar-refractivity contribution is -0.0299. The van der Waals surface area contributed by atoms with E-state index in [-0.39, 0.29) is 18.0 Å². The van der Waals surface area contributed by atoms with Crippen molar-refractivity contribution in [1.29, 1.82) is 0 Å². The van der Waals surface area contributed by atoms with Gasteiger partial charge in [0.05, 0.1) is 29.4 Å². The van der Waals surface area contributed by atoms with Gasteiger partial charge in [-0.3, -0.25) is 14.2 Å². The molecule has 7 nitrogen and oxygen atoms in total. The molecule has 2 aromatic heterocycles. The summed E-state index contributed by atoms with van der Waals surface area (Å²) >= 11 is 0. The second kappa shape index (κ2) is 9.58. The van der Waals surface area contributed by atoms with Gasteiger partial charge in [-0.05, 0) is 67.3 Å². The minimum Gasteiger partial charge on any atom is -0.388 e. The molecule has 1 N–H and O–H groups in total. The first-order chi connectivity index (χ1) is 18.4. The summed E-state index contributed by atoms with van der Waals surface area (Å²) < 4.78 is 3.67. The van der Waals surface area contributed by atoms with E-state index in [1.54, 1.807) is 11.0 Å². The zero-order valence-corrected chi connectivity index (χ0v) is 21.4. The molecule has 0 atom stereocenters. The van der Waals surface area contributed by atoms with Gasteiger partial charge in [0.25, 0.3) is 11.5 Å². The first-order valence-electron chi connectivity index (χ1n) is 13.0. The number of rotatable bonds is 5. The van der Waals surface area contributed by atoms with E-state index in [9.17, 15) is 14.7 Å². The smallest absolute Gasteiger partial charge is 0.261 e. The highest BCUT2D eigenvalue weighted by molar-refractivity contribution is 5.98. The number of benzene rings is 3. The number of hydrogen-bond acceptors (Lipinski definition) is 4. The van der Waals surface area contributed by atoms with Crippen LogP contribution in [-0.2, 0) is 13.1 Å². The predicted molar refractivity (Wildman–Crippen MR) is 148 cm³/mol. The van der Waals surface area contributed by atoms with Gasteiger partial charge < -0.3 is 14.6 Å². The van der Waals surface area contributed by atoms with Crippen molar-refractivity contribution >= 4 is 27.7 Å². The molecule has 1 fully saturated rings. The standard InChI is InChI=1S/C31H30N4O3/c1-22-7-9-26-27(17-22)32-21-35(30(26)37)20-31(38)12-15-33(16-13-31)29(36)25-8-10-28-24(18-25)11-14-34(28)19-23-5-3-2-4-6-23/h2-11,14,17-18,21,38H,12-13,15-16,19-20H2,1H3. The molecule has 0 spiro atoms. The molecule has 1 saturated heterocycles. The Morgan fingerprint density at radius 2 is 1.76 bits per heavy atom.